The summed E-state index contributed by atoms with van der Waals surface area (Å²) in [6.45, 7) is 0.216. The standard InChI is InChI=1S/C13H8Cl4FN/c14-8-4-10(16)13(11(17)5-8)19-6-7-2-1-3-9(15)12(7)18/h1-5,19H,6H2. The second-order valence-electron chi connectivity index (χ2n) is 3.81. The first kappa shape index (κ1) is 14.7. The lowest BCUT2D eigenvalue weighted by Crippen LogP contribution is -2.03. The van der Waals surface area contributed by atoms with Gasteiger partial charge in [-0.3, -0.25) is 0 Å². The van der Waals surface area contributed by atoms with Gasteiger partial charge in [0, 0.05) is 17.1 Å². The van der Waals surface area contributed by atoms with Crippen LogP contribution in [-0.2, 0) is 6.54 Å². The van der Waals surface area contributed by atoms with Crippen LogP contribution in [0.25, 0.3) is 0 Å². The lowest BCUT2D eigenvalue weighted by Gasteiger charge is -2.12. The minimum atomic E-state index is -0.460. The molecule has 0 bridgehead atoms. The Morgan fingerprint density at radius 3 is 2.21 bits per heavy atom. The van der Waals surface area contributed by atoms with Crippen LogP contribution < -0.4 is 5.32 Å². The molecule has 0 amide bonds. The highest BCUT2D eigenvalue weighted by molar-refractivity contribution is 6.41. The average Bonchev–Trinajstić information content (AvgIpc) is 2.33. The fourth-order valence-electron chi connectivity index (χ4n) is 1.58. The summed E-state index contributed by atoms with van der Waals surface area (Å²) in [4.78, 5) is 0. The summed E-state index contributed by atoms with van der Waals surface area (Å²) in [5, 5.41) is 4.24. The molecule has 0 aliphatic carbocycles. The number of hydrogen-bond acceptors (Lipinski definition) is 1. The summed E-state index contributed by atoms with van der Waals surface area (Å²) in [6.07, 6.45) is 0. The zero-order valence-electron chi connectivity index (χ0n) is 9.48. The second kappa shape index (κ2) is 6.19. The zero-order valence-corrected chi connectivity index (χ0v) is 12.5. The maximum atomic E-state index is 13.7. The summed E-state index contributed by atoms with van der Waals surface area (Å²) in [5.74, 6) is -0.460. The number of halogens is 5. The van der Waals surface area contributed by atoms with Crippen LogP contribution in [0, 0.1) is 5.82 Å². The van der Waals surface area contributed by atoms with Crippen molar-refractivity contribution in [2.24, 2.45) is 0 Å². The van der Waals surface area contributed by atoms with Crippen molar-refractivity contribution in [2.75, 3.05) is 5.32 Å². The van der Waals surface area contributed by atoms with Crippen LogP contribution >= 0.6 is 46.4 Å². The minimum Gasteiger partial charge on any atom is -0.378 e. The van der Waals surface area contributed by atoms with Crippen molar-refractivity contribution in [3.05, 3.63) is 61.8 Å². The lowest BCUT2D eigenvalue weighted by atomic mass is 10.2. The molecule has 2 aromatic carbocycles. The van der Waals surface area contributed by atoms with Crippen molar-refractivity contribution < 1.29 is 4.39 Å². The van der Waals surface area contributed by atoms with E-state index in [1.165, 1.54) is 6.07 Å². The molecule has 2 aromatic rings. The SMILES string of the molecule is Fc1c(Cl)cccc1CNc1c(Cl)cc(Cl)cc1Cl. The summed E-state index contributed by atoms with van der Waals surface area (Å²) in [7, 11) is 0. The Kier molecular flexibility index (Phi) is 4.80. The van der Waals surface area contributed by atoms with Crippen LogP contribution in [0.3, 0.4) is 0 Å². The van der Waals surface area contributed by atoms with Gasteiger partial charge in [0.1, 0.15) is 5.82 Å². The van der Waals surface area contributed by atoms with Gasteiger partial charge in [-0.1, -0.05) is 58.5 Å². The van der Waals surface area contributed by atoms with E-state index in [1.807, 2.05) is 0 Å². The van der Waals surface area contributed by atoms with Crippen LogP contribution in [0.5, 0.6) is 0 Å². The van der Waals surface area contributed by atoms with Crippen LogP contribution in [0.4, 0.5) is 10.1 Å². The van der Waals surface area contributed by atoms with Crippen molar-refractivity contribution in [1.82, 2.24) is 0 Å². The maximum absolute atomic E-state index is 13.7. The van der Waals surface area contributed by atoms with E-state index in [-0.39, 0.29) is 11.6 Å². The van der Waals surface area contributed by atoms with Crippen LogP contribution in [0.2, 0.25) is 20.1 Å². The molecular formula is C13H8Cl4FN. The molecule has 1 nitrogen and oxygen atoms in total. The van der Waals surface area contributed by atoms with E-state index < -0.39 is 5.82 Å². The van der Waals surface area contributed by atoms with E-state index in [0.717, 1.165) is 0 Å². The Balaban J connectivity index is 2.22. The number of nitrogens with one attached hydrogen (secondary N) is 1. The van der Waals surface area contributed by atoms with Crippen LogP contribution in [-0.4, -0.2) is 0 Å². The van der Waals surface area contributed by atoms with E-state index in [2.05, 4.69) is 5.32 Å². The summed E-state index contributed by atoms with van der Waals surface area (Å²) >= 11 is 23.6. The molecule has 100 valence electrons. The van der Waals surface area contributed by atoms with Gasteiger partial charge < -0.3 is 5.32 Å². The Labute approximate surface area is 130 Å². The third kappa shape index (κ3) is 3.46. The third-order valence-electron chi connectivity index (χ3n) is 2.49. The molecule has 6 heteroatoms. The van der Waals surface area contributed by atoms with E-state index in [4.69, 9.17) is 46.4 Å². The van der Waals surface area contributed by atoms with Crippen molar-refractivity contribution in [3.8, 4) is 0 Å². The van der Waals surface area contributed by atoms with Gasteiger partial charge in [-0.25, -0.2) is 4.39 Å². The maximum Gasteiger partial charge on any atom is 0.146 e. The smallest absolute Gasteiger partial charge is 0.146 e. The highest BCUT2D eigenvalue weighted by Crippen LogP contribution is 2.34. The fourth-order valence-corrected chi connectivity index (χ4v) is 2.72. The molecule has 0 atom stereocenters. The van der Waals surface area contributed by atoms with Gasteiger partial charge in [0.05, 0.1) is 20.8 Å². The largest absolute Gasteiger partial charge is 0.378 e. The van der Waals surface area contributed by atoms with Gasteiger partial charge in [0.2, 0.25) is 0 Å². The first-order valence-corrected chi connectivity index (χ1v) is 6.81. The van der Waals surface area contributed by atoms with E-state index in [9.17, 15) is 4.39 Å². The molecular weight excluding hydrogens is 331 g/mol. The average molecular weight is 339 g/mol. The fraction of sp³-hybridized carbons (Fsp3) is 0.0769. The Bertz CT molecular complexity index is 593. The Morgan fingerprint density at radius 2 is 1.58 bits per heavy atom. The number of benzene rings is 2. The normalized spacial score (nSPS) is 10.6. The number of hydrogen-bond donors (Lipinski definition) is 1. The molecule has 0 heterocycles. The molecule has 0 aliphatic heterocycles. The number of anilines is 1. The molecule has 0 saturated heterocycles. The van der Waals surface area contributed by atoms with Gasteiger partial charge >= 0.3 is 0 Å². The molecule has 19 heavy (non-hydrogen) atoms. The van der Waals surface area contributed by atoms with Crippen molar-refractivity contribution in [1.29, 1.82) is 0 Å². The predicted octanol–water partition coefficient (Wildman–Crippen LogP) is 6.05. The summed E-state index contributed by atoms with van der Waals surface area (Å²) in [6, 6.07) is 7.92. The molecule has 0 aliphatic rings. The lowest BCUT2D eigenvalue weighted by molar-refractivity contribution is 0.613. The van der Waals surface area contributed by atoms with E-state index in [0.29, 0.717) is 26.3 Å². The Morgan fingerprint density at radius 1 is 0.947 bits per heavy atom. The van der Waals surface area contributed by atoms with Crippen molar-refractivity contribution >= 4 is 52.1 Å². The molecule has 0 unspecified atom stereocenters. The van der Waals surface area contributed by atoms with E-state index >= 15 is 0 Å². The van der Waals surface area contributed by atoms with Crippen LogP contribution in [0.1, 0.15) is 5.56 Å². The van der Waals surface area contributed by atoms with Gasteiger partial charge in [-0.15, -0.1) is 0 Å². The molecule has 1 N–H and O–H groups in total. The summed E-state index contributed by atoms with van der Waals surface area (Å²) in [5.41, 5.74) is 0.932. The van der Waals surface area contributed by atoms with Gasteiger partial charge in [-0.2, -0.15) is 0 Å². The number of rotatable bonds is 3. The highest BCUT2D eigenvalue weighted by Gasteiger charge is 2.10. The van der Waals surface area contributed by atoms with Gasteiger partial charge in [0.25, 0.3) is 0 Å². The van der Waals surface area contributed by atoms with Crippen LogP contribution in [0.15, 0.2) is 30.3 Å². The predicted molar refractivity (Wildman–Crippen MR) is 80.2 cm³/mol. The topological polar surface area (TPSA) is 12.0 Å². The highest BCUT2D eigenvalue weighted by atomic mass is 35.5. The zero-order chi connectivity index (χ0) is 14.0. The summed E-state index contributed by atoms with van der Waals surface area (Å²) < 4.78 is 13.7. The molecule has 0 saturated carbocycles. The first-order chi connectivity index (χ1) is 8.99. The Hall–Kier alpha value is -0.670. The van der Waals surface area contributed by atoms with Crippen molar-refractivity contribution in [3.63, 3.8) is 0 Å². The monoisotopic (exact) mass is 337 g/mol. The van der Waals surface area contributed by atoms with Gasteiger partial charge in [0.15, 0.2) is 0 Å². The molecule has 0 spiro atoms. The minimum absolute atomic E-state index is 0.0765. The first-order valence-electron chi connectivity index (χ1n) is 5.30. The van der Waals surface area contributed by atoms with E-state index in [1.54, 1.807) is 24.3 Å². The molecule has 0 radical (unpaired) electrons. The quantitative estimate of drug-likeness (QED) is 0.718. The third-order valence-corrected chi connectivity index (χ3v) is 3.60. The molecule has 0 fully saturated rings. The van der Waals surface area contributed by atoms with Crippen molar-refractivity contribution in [2.45, 2.75) is 6.54 Å². The molecule has 0 aromatic heterocycles. The molecule has 2 rings (SSSR count). The second-order valence-corrected chi connectivity index (χ2v) is 5.47. The van der Waals surface area contributed by atoms with Gasteiger partial charge in [-0.05, 0) is 18.2 Å².